The topological polar surface area (TPSA) is 82.5 Å². The summed E-state index contributed by atoms with van der Waals surface area (Å²) in [4.78, 5) is 0. The van der Waals surface area contributed by atoms with Crippen molar-refractivity contribution in [1.29, 1.82) is 0 Å². The van der Waals surface area contributed by atoms with E-state index in [9.17, 15) is 8.42 Å². The molecule has 2 heterocycles. The number of ether oxygens (including phenoxy) is 2. The largest absolute Gasteiger partial charge is 0.383 e. The van der Waals surface area contributed by atoms with Gasteiger partial charge in [0.25, 0.3) is 0 Å². The van der Waals surface area contributed by atoms with Crippen LogP contribution in [0.25, 0.3) is 0 Å². The van der Waals surface area contributed by atoms with Gasteiger partial charge in [0.1, 0.15) is 6.10 Å². The van der Waals surface area contributed by atoms with Crippen molar-refractivity contribution >= 4 is 10.0 Å². The van der Waals surface area contributed by atoms with Crippen LogP contribution in [0.5, 0.6) is 0 Å². The highest BCUT2D eigenvalue weighted by atomic mass is 32.2. The maximum absolute atomic E-state index is 11.5. The average Bonchev–Trinajstić information content (AvgIpc) is 2.86. The Kier molecular flexibility index (Phi) is 5.14. The zero-order valence-corrected chi connectivity index (χ0v) is 12.6. The third kappa shape index (κ3) is 3.78. The lowest BCUT2D eigenvalue weighted by molar-refractivity contribution is 0.0429. The van der Waals surface area contributed by atoms with Gasteiger partial charge in [0.15, 0.2) is 0 Å². The van der Waals surface area contributed by atoms with Crippen molar-refractivity contribution in [3.63, 3.8) is 0 Å². The van der Waals surface area contributed by atoms with Crippen molar-refractivity contribution in [1.82, 2.24) is 14.5 Å². The number of nitrogens with one attached hydrogen (secondary N) is 1. The first-order valence-electron chi connectivity index (χ1n) is 6.70. The van der Waals surface area contributed by atoms with Crippen LogP contribution in [0.3, 0.4) is 0 Å². The van der Waals surface area contributed by atoms with Crippen LogP contribution in [-0.2, 0) is 32.5 Å². The number of aromatic nitrogens is 2. The van der Waals surface area contributed by atoms with E-state index in [0.717, 1.165) is 17.7 Å². The van der Waals surface area contributed by atoms with Crippen molar-refractivity contribution in [3.05, 3.63) is 17.5 Å². The molecule has 20 heavy (non-hydrogen) atoms. The molecule has 1 atom stereocenters. The van der Waals surface area contributed by atoms with Gasteiger partial charge in [-0.3, -0.25) is 4.68 Å². The summed E-state index contributed by atoms with van der Waals surface area (Å²) in [6.07, 6.45) is 2.47. The van der Waals surface area contributed by atoms with E-state index in [-0.39, 0.29) is 18.4 Å². The molecule has 0 unspecified atom stereocenters. The summed E-state index contributed by atoms with van der Waals surface area (Å²) in [7, 11) is -1.57. The number of nitrogens with zero attached hydrogens (tertiary/aromatic N) is 2. The van der Waals surface area contributed by atoms with E-state index in [2.05, 4.69) is 9.82 Å². The Balaban J connectivity index is 2.05. The number of fused-ring (bicyclic) bond motifs is 1. The van der Waals surface area contributed by atoms with Gasteiger partial charge in [-0.15, -0.1) is 0 Å². The molecule has 0 bridgehead atoms. The van der Waals surface area contributed by atoms with Gasteiger partial charge in [-0.05, 0) is 18.9 Å². The fourth-order valence-electron chi connectivity index (χ4n) is 2.09. The van der Waals surface area contributed by atoms with Crippen molar-refractivity contribution < 1.29 is 17.9 Å². The van der Waals surface area contributed by atoms with Crippen molar-refractivity contribution in [3.8, 4) is 0 Å². The first-order valence-corrected chi connectivity index (χ1v) is 8.35. The van der Waals surface area contributed by atoms with E-state index in [1.54, 1.807) is 14.0 Å². The van der Waals surface area contributed by atoms with E-state index in [1.165, 1.54) is 0 Å². The summed E-state index contributed by atoms with van der Waals surface area (Å²) >= 11 is 0. The normalized spacial score (nSPS) is 19.0. The van der Waals surface area contributed by atoms with E-state index in [1.807, 2.05) is 10.9 Å². The second kappa shape index (κ2) is 6.66. The summed E-state index contributed by atoms with van der Waals surface area (Å²) in [5.41, 5.74) is 1.94. The second-order valence-electron chi connectivity index (χ2n) is 4.66. The van der Waals surface area contributed by atoms with Gasteiger partial charge in [-0.25, -0.2) is 13.1 Å². The fraction of sp³-hybridized carbons (Fsp3) is 0.750. The van der Waals surface area contributed by atoms with Crippen LogP contribution >= 0.6 is 0 Å². The molecule has 1 aliphatic rings. The van der Waals surface area contributed by atoms with Gasteiger partial charge < -0.3 is 9.47 Å². The highest BCUT2D eigenvalue weighted by molar-refractivity contribution is 7.89. The molecule has 0 amide bonds. The molecule has 2 rings (SSSR count). The van der Waals surface area contributed by atoms with Crippen LogP contribution in [-0.4, -0.2) is 50.8 Å². The minimum Gasteiger partial charge on any atom is -0.383 e. The molecule has 0 aliphatic carbocycles. The highest BCUT2D eigenvalue weighted by Gasteiger charge is 2.25. The van der Waals surface area contributed by atoms with Crippen LogP contribution < -0.4 is 4.72 Å². The van der Waals surface area contributed by atoms with Crippen LogP contribution in [0.2, 0.25) is 0 Å². The lowest BCUT2D eigenvalue weighted by Crippen LogP contribution is -2.32. The van der Waals surface area contributed by atoms with Gasteiger partial charge in [-0.1, -0.05) is 0 Å². The van der Waals surface area contributed by atoms with Crippen molar-refractivity contribution in [2.24, 2.45) is 0 Å². The molecule has 0 radical (unpaired) electrons. The molecule has 0 fully saturated rings. The number of rotatable bonds is 7. The van der Waals surface area contributed by atoms with Crippen molar-refractivity contribution in [2.45, 2.75) is 26.0 Å². The van der Waals surface area contributed by atoms with Gasteiger partial charge >= 0.3 is 0 Å². The number of sulfonamides is 1. The van der Waals surface area contributed by atoms with Crippen LogP contribution in [0.15, 0.2) is 6.20 Å². The lowest BCUT2D eigenvalue weighted by atomic mass is 10.1. The molecule has 8 heteroatoms. The minimum atomic E-state index is -3.21. The van der Waals surface area contributed by atoms with Gasteiger partial charge in [0, 0.05) is 19.9 Å². The Morgan fingerprint density at radius 2 is 2.40 bits per heavy atom. The third-order valence-corrected chi connectivity index (χ3v) is 4.63. The maximum atomic E-state index is 11.5. The quantitative estimate of drug-likeness (QED) is 0.771. The van der Waals surface area contributed by atoms with Gasteiger partial charge in [-0.2, -0.15) is 5.10 Å². The molecule has 0 saturated heterocycles. The van der Waals surface area contributed by atoms with Gasteiger partial charge in [0.2, 0.25) is 10.0 Å². The predicted octanol–water partition coefficient (Wildman–Crippen LogP) is 0.0826. The minimum absolute atomic E-state index is 0.0643. The van der Waals surface area contributed by atoms with Gasteiger partial charge in [0.05, 0.1) is 31.2 Å². The summed E-state index contributed by atoms with van der Waals surface area (Å²) in [5, 5.41) is 4.47. The number of methoxy groups -OCH3 is 1. The molecule has 7 nitrogen and oxygen atoms in total. The fourth-order valence-corrected chi connectivity index (χ4v) is 2.70. The monoisotopic (exact) mass is 303 g/mol. The molecule has 1 N–H and O–H groups in total. The molecular weight excluding hydrogens is 282 g/mol. The van der Waals surface area contributed by atoms with E-state index in [4.69, 9.17) is 9.47 Å². The van der Waals surface area contributed by atoms with E-state index < -0.39 is 10.0 Å². The molecule has 0 aromatic carbocycles. The van der Waals surface area contributed by atoms with Crippen LogP contribution in [0.4, 0.5) is 0 Å². The maximum Gasteiger partial charge on any atom is 0.211 e. The van der Waals surface area contributed by atoms with Crippen LogP contribution in [0, 0.1) is 0 Å². The number of hydrogen-bond donors (Lipinski definition) is 1. The molecule has 0 spiro atoms. The Labute approximate surface area is 119 Å². The zero-order chi connectivity index (χ0) is 14.6. The Morgan fingerprint density at radius 3 is 3.10 bits per heavy atom. The standard InChI is InChI=1S/C12H21N3O4S/c1-3-20(16,17)13-8-11-12-10(4-6-19-11)9-15(14-12)5-7-18-2/h9,11,13H,3-8H2,1-2H3/t11-/m1/s1. The molecule has 114 valence electrons. The first kappa shape index (κ1) is 15.4. The summed E-state index contributed by atoms with van der Waals surface area (Å²) in [6.45, 7) is 3.69. The Bertz CT molecular complexity index is 541. The van der Waals surface area contributed by atoms with Crippen molar-refractivity contribution in [2.75, 3.05) is 32.6 Å². The summed E-state index contributed by atoms with van der Waals surface area (Å²) in [6, 6.07) is 0. The SMILES string of the molecule is CCS(=O)(=O)NC[C@H]1OCCc2cn(CCOC)nc21. The smallest absolute Gasteiger partial charge is 0.211 e. The average molecular weight is 303 g/mol. The first-order chi connectivity index (χ1) is 9.55. The Morgan fingerprint density at radius 1 is 1.60 bits per heavy atom. The lowest BCUT2D eigenvalue weighted by Gasteiger charge is -2.22. The number of hydrogen-bond acceptors (Lipinski definition) is 5. The summed E-state index contributed by atoms with van der Waals surface area (Å²) < 4.78 is 38.0. The summed E-state index contributed by atoms with van der Waals surface area (Å²) in [5.74, 6) is 0.0643. The molecule has 1 aromatic rings. The third-order valence-electron chi connectivity index (χ3n) is 3.26. The van der Waals surface area contributed by atoms with E-state index >= 15 is 0 Å². The predicted molar refractivity (Wildman–Crippen MR) is 74.0 cm³/mol. The Hall–Kier alpha value is -0.960. The molecule has 0 saturated carbocycles. The molecule has 1 aliphatic heterocycles. The van der Waals surface area contributed by atoms with Crippen LogP contribution in [0.1, 0.15) is 24.3 Å². The highest BCUT2D eigenvalue weighted by Crippen LogP contribution is 2.25. The van der Waals surface area contributed by atoms with E-state index in [0.29, 0.717) is 19.8 Å². The molecular formula is C12H21N3O4S. The molecule has 1 aromatic heterocycles. The second-order valence-corrected chi connectivity index (χ2v) is 6.75. The zero-order valence-electron chi connectivity index (χ0n) is 11.8.